The van der Waals surface area contributed by atoms with Crippen LogP contribution in [-0.2, 0) is 14.3 Å². The fourth-order valence-electron chi connectivity index (χ4n) is 2.89. The van der Waals surface area contributed by atoms with E-state index >= 15 is 0 Å². The predicted molar refractivity (Wildman–Crippen MR) is 100 cm³/mol. The van der Waals surface area contributed by atoms with Crippen LogP contribution < -0.4 is 4.90 Å². The standard InChI is InChI=1S/C17H19N3O3S2/c1-24-12-2-3-13-15(10-12)25-17(18-13)20-6-4-19(5-7-20)16(21)14-11-22-8-9-23-14/h2-3,10-11H,4-9H2,1H3. The highest BCUT2D eigenvalue weighted by Crippen LogP contribution is 2.32. The molecule has 0 unspecified atom stereocenters. The molecule has 132 valence electrons. The fraction of sp³-hybridized carbons (Fsp3) is 0.412. The number of thioether (sulfide) groups is 1. The van der Waals surface area contributed by atoms with E-state index in [2.05, 4.69) is 29.4 Å². The van der Waals surface area contributed by atoms with Gasteiger partial charge in [0.05, 0.1) is 10.2 Å². The maximum absolute atomic E-state index is 12.4. The Hall–Kier alpha value is -1.93. The molecule has 2 aliphatic heterocycles. The highest BCUT2D eigenvalue weighted by atomic mass is 32.2. The molecule has 1 aromatic heterocycles. The van der Waals surface area contributed by atoms with Crippen LogP contribution in [0.2, 0.25) is 0 Å². The molecule has 0 saturated carbocycles. The number of hydrogen-bond acceptors (Lipinski definition) is 7. The van der Waals surface area contributed by atoms with Gasteiger partial charge in [0.15, 0.2) is 5.13 Å². The molecule has 0 aliphatic carbocycles. The fourth-order valence-corrected chi connectivity index (χ4v) is 4.46. The summed E-state index contributed by atoms with van der Waals surface area (Å²) in [6.45, 7) is 3.79. The van der Waals surface area contributed by atoms with Crippen molar-refractivity contribution in [2.75, 3.05) is 50.5 Å². The zero-order chi connectivity index (χ0) is 17.2. The Morgan fingerprint density at radius 3 is 2.80 bits per heavy atom. The average Bonchev–Trinajstić information content (AvgIpc) is 3.11. The summed E-state index contributed by atoms with van der Waals surface area (Å²) < 4.78 is 11.8. The Morgan fingerprint density at radius 2 is 2.08 bits per heavy atom. The smallest absolute Gasteiger partial charge is 0.292 e. The predicted octanol–water partition coefficient (Wildman–Crippen LogP) is 2.56. The second-order valence-corrected chi connectivity index (χ2v) is 7.70. The van der Waals surface area contributed by atoms with Crippen LogP contribution in [0.15, 0.2) is 35.1 Å². The van der Waals surface area contributed by atoms with Crippen molar-refractivity contribution in [2.45, 2.75) is 4.90 Å². The van der Waals surface area contributed by atoms with Gasteiger partial charge in [-0.25, -0.2) is 4.98 Å². The molecule has 1 fully saturated rings. The summed E-state index contributed by atoms with van der Waals surface area (Å²) in [4.78, 5) is 22.5. The number of carbonyl (C=O) groups is 1. The lowest BCUT2D eigenvalue weighted by molar-refractivity contribution is -0.132. The number of ether oxygens (including phenoxy) is 2. The molecule has 2 aromatic rings. The Morgan fingerprint density at radius 1 is 1.24 bits per heavy atom. The number of hydrogen-bond donors (Lipinski definition) is 0. The van der Waals surface area contributed by atoms with E-state index in [1.807, 2.05) is 4.90 Å². The van der Waals surface area contributed by atoms with Gasteiger partial charge in [0.25, 0.3) is 5.91 Å². The van der Waals surface area contributed by atoms with Crippen molar-refractivity contribution in [1.29, 1.82) is 0 Å². The van der Waals surface area contributed by atoms with Crippen molar-refractivity contribution >= 4 is 44.4 Å². The number of anilines is 1. The summed E-state index contributed by atoms with van der Waals surface area (Å²) in [5.74, 6) is 0.220. The minimum atomic E-state index is -0.0896. The summed E-state index contributed by atoms with van der Waals surface area (Å²) in [5.41, 5.74) is 1.04. The zero-order valence-electron chi connectivity index (χ0n) is 13.9. The van der Waals surface area contributed by atoms with Gasteiger partial charge in [-0.1, -0.05) is 11.3 Å². The number of thiazole rings is 1. The van der Waals surface area contributed by atoms with Crippen LogP contribution in [-0.4, -0.2) is 61.4 Å². The lowest BCUT2D eigenvalue weighted by Crippen LogP contribution is -2.49. The third kappa shape index (κ3) is 3.41. The van der Waals surface area contributed by atoms with Crippen LogP contribution in [0.1, 0.15) is 0 Å². The van der Waals surface area contributed by atoms with Gasteiger partial charge in [0.1, 0.15) is 19.5 Å². The van der Waals surface area contributed by atoms with E-state index < -0.39 is 0 Å². The molecule has 6 nitrogen and oxygen atoms in total. The number of amides is 1. The highest BCUT2D eigenvalue weighted by molar-refractivity contribution is 7.98. The van der Waals surface area contributed by atoms with Crippen molar-refractivity contribution in [1.82, 2.24) is 9.88 Å². The molecule has 8 heteroatoms. The number of aromatic nitrogens is 1. The van der Waals surface area contributed by atoms with E-state index in [0.29, 0.717) is 32.1 Å². The van der Waals surface area contributed by atoms with E-state index in [1.165, 1.54) is 15.9 Å². The zero-order valence-corrected chi connectivity index (χ0v) is 15.6. The molecular formula is C17H19N3O3S2. The topological polar surface area (TPSA) is 54.9 Å². The van der Waals surface area contributed by atoms with Crippen LogP contribution in [0.4, 0.5) is 5.13 Å². The van der Waals surface area contributed by atoms with Crippen molar-refractivity contribution < 1.29 is 14.3 Å². The molecule has 1 amide bonds. The van der Waals surface area contributed by atoms with Crippen LogP contribution in [0, 0.1) is 0 Å². The van der Waals surface area contributed by atoms with E-state index in [1.54, 1.807) is 23.1 Å². The maximum atomic E-state index is 12.4. The van der Waals surface area contributed by atoms with Crippen LogP contribution >= 0.6 is 23.1 Å². The van der Waals surface area contributed by atoms with Crippen molar-refractivity contribution in [3.63, 3.8) is 0 Å². The first kappa shape index (κ1) is 16.5. The molecule has 0 radical (unpaired) electrons. The molecule has 1 saturated heterocycles. The first-order chi connectivity index (χ1) is 12.2. The number of rotatable bonds is 3. The third-order valence-electron chi connectivity index (χ3n) is 4.28. The number of piperazine rings is 1. The molecule has 1 aromatic carbocycles. The molecule has 25 heavy (non-hydrogen) atoms. The molecule has 0 atom stereocenters. The van der Waals surface area contributed by atoms with Gasteiger partial charge in [-0.3, -0.25) is 4.79 Å². The van der Waals surface area contributed by atoms with Crippen LogP contribution in [0.25, 0.3) is 10.2 Å². The van der Waals surface area contributed by atoms with E-state index in [4.69, 9.17) is 14.5 Å². The summed E-state index contributed by atoms with van der Waals surface area (Å²) >= 11 is 3.45. The first-order valence-corrected chi connectivity index (χ1v) is 10.2. The normalized spacial score (nSPS) is 17.9. The van der Waals surface area contributed by atoms with Crippen LogP contribution in [0.3, 0.4) is 0 Å². The largest absolute Gasteiger partial charge is 0.494 e. The minimum Gasteiger partial charge on any atom is -0.494 e. The number of nitrogens with zero attached hydrogens (tertiary/aromatic N) is 3. The van der Waals surface area contributed by atoms with Gasteiger partial charge >= 0.3 is 0 Å². The molecule has 3 heterocycles. The molecular weight excluding hydrogens is 358 g/mol. The summed E-state index contributed by atoms with van der Waals surface area (Å²) in [7, 11) is 0. The SMILES string of the molecule is CSc1ccc2nc(N3CCN(C(=O)C4=COCCO4)CC3)sc2c1. The Bertz CT molecular complexity index is 813. The molecule has 0 N–H and O–H groups in total. The van der Waals surface area contributed by atoms with Gasteiger partial charge in [-0.15, -0.1) is 11.8 Å². The number of carbonyl (C=O) groups excluding carboxylic acids is 1. The summed E-state index contributed by atoms with van der Waals surface area (Å²) in [5, 5.41) is 1.02. The molecule has 0 bridgehead atoms. The third-order valence-corrected chi connectivity index (χ3v) is 6.09. The Balaban J connectivity index is 1.43. The van der Waals surface area contributed by atoms with Crippen molar-refractivity contribution in [2.24, 2.45) is 0 Å². The molecule has 4 rings (SSSR count). The van der Waals surface area contributed by atoms with Gasteiger partial charge in [0, 0.05) is 31.1 Å². The number of fused-ring (bicyclic) bond motifs is 1. The quantitative estimate of drug-likeness (QED) is 0.767. The first-order valence-electron chi connectivity index (χ1n) is 8.18. The lowest BCUT2D eigenvalue weighted by Gasteiger charge is -2.35. The number of benzene rings is 1. The lowest BCUT2D eigenvalue weighted by atomic mass is 10.3. The second-order valence-electron chi connectivity index (χ2n) is 5.81. The summed E-state index contributed by atoms with van der Waals surface area (Å²) in [6.07, 6.45) is 3.50. The molecule has 0 spiro atoms. The van der Waals surface area contributed by atoms with E-state index in [0.717, 1.165) is 23.7 Å². The van der Waals surface area contributed by atoms with Gasteiger partial charge in [-0.2, -0.15) is 0 Å². The monoisotopic (exact) mass is 377 g/mol. The average molecular weight is 377 g/mol. The minimum absolute atomic E-state index is 0.0896. The Labute approximate surface area is 154 Å². The van der Waals surface area contributed by atoms with Crippen molar-refractivity contribution in [3.05, 3.63) is 30.2 Å². The van der Waals surface area contributed by atoms with E-state index in [-0.39, 0.29) is 5.91 Å². The van der Waals surface area contributed by atoms with E-state index in [9.17, 15) is 4.79 Å². The summed E-state index contributed by atoms with van der Waals surface area (Å²) in [6, 6.07) is 6.37. The van der Waals surface area contributed by atoms with Gasteiger partial charge < -0.3 is 19.3 Å². The highest BCUT2D eigenvalue weighted by Gasteiger charge is 2.27. The van der Waals surface area contributed by atoms with Gasteiger partial charge in [-0.05, 0) is 24.5 Å². The Kier molecular flexibility index (Phi) is 4.72. The molecule has 2 aliphatic rings. The maximum Gasteiger partial charge on any atom is 0.292 e. The van der Waals surface area contributed by atoms with Crippen molar-refractivity contribution in [3.8, 4) is 0 Å². The van der Waals surface area contributed by atoms with Crippen LogP contribution in [0.5, 0.6) is 0 Å². The van der Waals surface area contributed by atoms with Gasteiger partial charge in [0.2, 0.25) is 5.76 Å². The second kappa shape index (κ2) is 7.13.